The minimum absolute atomic E-state index is 0.275. The molecule has 1 atom stereocenters. The van der Waals surface area contributed by atoms with Crippen molar-refractivity contribution < 1.29 is 9.84 Å². The molecule has 25 heavy (non-hydrogen) atoms. The zero-order valence-corrected chi connectivity index (χ0v) is 15.2. The average Bonchev–Trinajstić information content (AvgIpc) is 2.65. The van der Waals surface area contributed by atoms with Crippen molar-refractivity contribution in [2.24, 2.45) is 0 Å². The number of ether oxygens (including phenoxy) is 1. The van der Waals surface area contributed by atoms with E-state index in [-0.39, 0.29) is 5.75 Å². The lowest BCUT2D eigenvalue weighted by atomic mass is 9.95. The summed E-state index contributed by atoms with van der Waals surface area (Å²) in [6.45, 7) is 5.01. The van der Waals surface area contributed by atoms with Crippen molar-refractivity contribution in [3.63, 3.8) is 0 Å². The summed E-state index contributed by atoms with van der Waals surface area (Å²) in [7, 11) is 0. The molecule has 1 unspecified atom stereocenters. The number of benzene rings is 2. The van der Waals surface area contributed by atoms with E-state index in [1.54, 1.807) is 12.1 Å². The van der Waals surface area contributed by atoms with E-state index in [4.69, 9.17) is 4.74 Å². The maximum Gasteiger partial charge on any atom is 0.119 e. The van der Waals surface area contributed by atoms with Gasteiger partial charge in [-0.1, -0.05) is 37.6 Å². The summed E-state index contributed by atoms with van der Waals surface area (Å²) in [5, 5.41) is 9.33. The van der Waals surface area contributed by atoms with Crippen molar-refractivity contribution in [2.45, 2.75) is 45.1 Å². The van der Waals surface area contributed by atoms with Crippen molar-refractivity contribution in [3.05, 3.63) is 59.7 Å². The molecule has 0 amide bonds. The van der Waals surface area contributed by atoms with Crippen molar-refractivity contribution in [1.29, 1.82) is 0 Å². The molecule has 0 aliphatic carbocycles. The molecule has 1 N–H and O–H groups in total. The Balaban J connectivity index is 1.52. The SMILES string of the molecule is CCc1ccc(CC2CCCCN2CCOc2ccc(O)cc2)cc1. The van der Waals surface area contributed by atoms with Gasteiger partial charge in [0.1, 0.15) is 18.1 Å². The Hall–Kier alpha value is -2.00. The Morgan fingerprint density at radius 2 is 1.72 bits per heavy atom. The fraction of sp³-hybridized carbons (Fsp3) is 0.455. The molecular weight excluding hydrogens is 310 g/mol. The van der Waals surface area contributed by atoms with Gasteiger partial charge in [-0.05, 0) is 67.6 Å². The highest BCUT2D eigenvalue weighted by molar-refractivity contribution is 5.30. The second-order valence-corrected chi connectivity index (χ2v) is 6.90. The van der Waals surface area contributed by atoms with Crippen molar-refractivity contribution >= 4 is 0 Å². The zero-order valence-electron chi connectivity index (χ0n) is 15.2. The standard InChI is InChI=1S/C22H29NO2/c1-2-18-6-8-19(9-7-18)17-20-5-3-4-14-23(20)15-16-25-22-12-10-21(24)11-13-22/h6-13,20,24H,2-5,14-17H2,1H3. The number of hydrogen-bond donors (Lipinski definition) is 1. The summed E-state index contributed by atoms with van der Waals surface area (Å²) in [6, 6.07) is 16.7. The summed E-state index contributed by atoms with van der Waals surface area (Å²) >= 11 is 0. The summed E-state index contributed by atoms with van der Waals surface area (Å²) in [5.41, 5.74) is 2.85. The van der Waals surface area contributed by atoms with Crippen LogP contribution in [-0.4, -0.2) is 35.7 Å². The summed E-state index contributed by atoms with van der Waals surface area (Å²) in [6.07, 6.45) is 6.11. The minimum Gasteiger partial charge on any atom is -0.508 e. The zero-order chi connectivity index (χ0) is 17.5. The largest absolute Gasteiger partial charge is 0.508 e. The third-order valence-electron chi connectivity index (χ3n) is 5.14. The quantitative estimate of drug-likeness (QED) is 0.810. The van der Waals surface area contributed by atoms with E-state index in [9.17, 15) is 5.11 Å². The maximum absolute atomic E-state index is 9.33. The lowest BCUT2D eigenvalue weighted by Gasteiger charge is -2.35. The second-order valence-electron chi connectivity index (χ2n) is 6.90. The molecule has 1 aliphatic heterocycles. The Kier molecular flexibility index (Phi) is 6.35. The molecule has 1 fully saturated rings. The Morgan fingerprint density at radius 3 is 2.44 bits per heavy atom. The van der Waals surface area contributed by atoms with Gasteiger partial charge in [0.2, 0.25) is 0 Å². The predicted octanol–water partition coefficient (Wildman–Crippen LogP) is 4.43. The molecule has 3 nitrogen and oxygen atoms in total. The van der Waals surface area contributed by atoms with E-state index in [2.05, 4.69) is 36.1 Å². The van der Waals surface area contributed by atoms with E-state index in [0.29, 0.717) is 12.6 Å². The van der Waals surface area contributed by atoms with Crippen LogP contribution in [0.2, 0.25) is 0 Å². The minimum atomic E-state index is 0.275. The van der Waals surface area contributed by atoms with Gasteiger partial charge in [-0.2, -0.15) is 0 Å². The third-order valence-corrected chi connectivity index (χ3v) is 5.14. The van der Waals surface area contributed by atoms with Crippen LogP contribution >= 0.6 is 0 Å². The van der Waals surface area contributed by atoms with Crippen molar-refractivity contribution in [2.75, 3.05) is 19.7 Å². The molecule has 3 rings (SSSR count). The number of nitrogens with zero attached hydrogens (tertiary/aromatic N) is 1. The highest BCUT2D eigenvalue weighted by atomic mass is 16.5. The van der Waals surface area contributed by atoms with Gasteiger partial charge >= 0.3 is 0 Å². The van der Waals surface area contributed by atoms with E-state index in [1.807, 2.05) is 12.1 Å². The highest BCUT2D eigenvalue weighted by Crippen LogP contribution is 2.21. The van der Waals surface area contributed by atoms with Crippen LogP contribution in [0.5, 0.6) is 11.5 Å². The molecule has 0 bridgehead atoms. The molecule has 1 heterocycles. The first-order valence-electron chi connectivity index (χ1n) is 9.48. The van der Waals surface area contributed by atoms with Gasteiger partial charge in [-0.3, -0.25) is 4.90 Å². The number of hydrogen-bond acceptors (Lipinski definition) is 3. The Labute approximate surface area is 151 Å². The van der Waals surface area contributed by atoms with Gasteiger partial charge in [0.15, 0.2) is 0 Å². The van der Waals surface area contributed by atoms with E-state index in [1.165, 1.54) is 30.4 Å². The molecule has 3 heteroatoms. The number of likely N-dealkylation sites (tertiary alicyclic amines) is 1. The number of aryl methyl sites for hydroxylation is 1. The van der Waals surface area contributed by atoms with Gasteiger partial charge in [0.05, 0.1) is 0 Å². The smallest absolute Gasteiger partial charge is 0.119 e. The highest BCUT2D eigenvalue weighted by Gasteiger charge is 2.22. The van der Waals surface area contributed by atoms with Crippen LogP contribution in [0.15, 0.2) is 48.5 Å². The van der Waals surface area contributed by atoms with Gasteiger partial charge < -0.3 is 9.84 Å². The van der Waals surface area contributed by atoms with Crippen LogP contribution < -0.4 is 4.74 Å². The number of phenols is 1. The van der Waals surface area contributed by atoms with Crippen molar-refractivity contribution in [1.82, 2.24) is 4.90 Å². The monoisotopic (exact) mass is 339 g/mol. The molecule has 1 saturated heterocycles. The first kappa shape index (κ1) is 17.8. The fourth-order valence-corrected chi connectivity index (χ4v) is 3.59. The summed E-state index contributed by atoms with van der Waals surface area (Å²) < 4.78 is 5.84. The third kappa shape index (κ3) is 5.23. The van der Waals surface area contributed by atoms with E-state index >= 15 is 0 Å². The molecule has 2 aromatic rings. The maximum atomic E-state index is 9.33. The fourth-order valence-electron chi connectivity index (χ4n) is 3.59. The van der Waals surface area contributed by atoms with Crippen LogP contribution in [0.4, 0.5) is 0 Å². The number of rotatable bonds is 7. The summed E-state index contributed by atoms with van der Waals surface area (Å²) in [4.78, 5) is 2.58. The van der Waals surface area contributed by atoms with Gasteiger partial charge in [0, 0.05) is 12.6 Å². The lowest BCUT2D eigenvalue weighted by molar-refractivity contribution is 0.122. The number of piperidine rings is 1. The van der Waals surface area contributed by atoms with Gasteiger partial charge in [-0.15, -0.1) is 0 Å². The Bertz CT molecular complexity index is 636. The van der Waals surface area contributed by atoms with Crippen LogP contribution in [0.3, 0.4) is 0 Å². The molecule has 0 radical (unpaired) electrons. The average molecular weight is 339 g/mol. The van der Waals surface area contributed by atoms with Gasteiger partial charge in [0.25, 0.3) is 0 Å². The molecule has 0 saturated carbocycles. The van der Waals surface area contributed by atoms with Crippen LogP contribution in [-0.2, 0) is 12.8 Å². The van der Waals surface area contributed by atoms with Crippen LogP contribution in [0.25, 0.3) is 0 Å². The molecule has 0 aromatic heterocycles. The van der Waals surface area contributed by atoms with E-state index < -0.39 is 0 Å². The Morgan fingerprint density at radius 1 is 1.00 bits per heavy atom. The topological polar surface area (TPSA) is 32.7 Å². The van der Waals surface area contributed by atoms with Crippen LogP contribution in [0, 0.1) is 0 Å². The normalized spacial score (nSPS) is 18.2. The molecular formula is C22H29NO2. The van der Waals surface area contributed by atoms with Crippen molar-refractivity contribution in [3.8, 4) is 11.5 Å². The predicted molar refractivity (Wildman–Crippen MR) is 102 cm³/mol. The second kappa shape index (κ2) is 8.91. The number of aromatic hydroxyl groups is 1. The molecule has 134 valence electrons. The lowest BCUT2D eigenvalue weighted by Crippen LogP contribution is -2.43. The molecule has 1 aliphatic rings. The van der Waals surface area contributed by atoms with Gasteiger partial charge in [-0.25, -0.2) is 0 Å². The van der Waals surface area contributed by atoms with E-state index in [0.717, 1.165) is 31.7 Å². The summed E-state index contributed by atoms with van der Waals surface area (Å²) in [5.74, 6) is 1.10. The van der Waals surface area contributed by atoms with Crippen LogP contribution in [0.1, 0.15) is 37.3 Å². The number of phenolic OH excluding ortho intramolecular Hbond substituents is 1. The first-order chi connectivity index (χ1) is 12.2. The molecule has 0 spiro atoms. The molecule has 2 aromatic carbocycles. The first-order valence-corrected chi connectivity index (χ1v) is 9.48.